The Labute approximate surface area is 135 Å². The number of benzene rings is 1. The van der Waals surface area contributed by atoms with Gasteiger partial charge >= 0.3 is 0 Å². The van der Waals surface area contributed by atoms with E-state index in [0.717, 1.165) is 22.8 Å². The standard InChI is InChI=1S/C17H22N4O2/c1-12-13(2)21(11-19-12)15-9-7-14(8-10-15)20-17(23)6-4-5-16(22)18-3/h7-11H,4-6H2,1-3H3,(H,18,22)(H,20,23). The summed E-state index contributed by atoms with van der Waals surface area (Å²) in [5.74, 6) is -0.135. The lowest BCUT2D eigenvalue weighted by atomic mass is 10.2. The van der Waals surface area contributed by atoms with Gasteiger partial charge in [0.05, 0.1) is 12.0 Å². The van der Waals surface area contributed by atoms with E-state index in [0.29, 0.717) is 19.3 Å². The Morgan fingerprint density at radius 1 is 1.09 bits per heavy atom. The molecule has 0 fully saturated rings. The lowest BCUT2D eigenvalue weighted by Gasteiger charge is -2.08. The molecule has 1 heterocycles. The van der Waals surface area contributed by atoms with Crippen LogP contribution in [0.5, 0.6) is 0 Å². The molecule has 23 heavy (non-hydrogen) atoms. The third-order valence-corrected chi connectivity index (χ3v) is 3.77. The quantitative estimate of drug-likeness (QED) is 0.859. The topological polar surface area (TPSA) is 76.0 Å². The van der Waals surface area contributed by atoms with Crippen LogP contribution in [-0.2, 0) is 9.59 Å². The number of hydrogen-bond acceptors (Lipinski definition) is 3. The lowest BCUT2D eigenvalue weighted by Crippen LogP contribution is -2.18. The molecule has 2 amide bonds. The summed E-state index contributed by atoms with van der Waals surface area (Å²) in [7, 11) is 1.59. The predicted octanol–water partition coefficient (Wildman–Crippen LogP) is 2.34. The van der Waals surface area contributed by atoms with Crippen LogP contribution in [0.3, 0.4) is 0 Å². The molecule has 0 atom stereocenters. The molecule has 2 N–H and O–H groups in total. The van der Waals surface area contributed by atoms with E-state index >= 15 is 0 Å². The minimum atomic E-state index is -0.0868. The van der Waals surface area contributed by atoms with Gasteiger partial charge < -0.3 is 15.2 Å². The molecule has 0 saturated carbocycles. The number of rotatable bonds is 6. The van der Waals surface area contributed by atoms with Gasteiger partial charge in [-0.1, -0.05) is 0 Å². The molecule has 1 aromatic heterocycles. The molecule has 6 nitrogen and oxygen atoms in total. The number of nitrogens with one attached hydrogen (secondary N) is 2. The smallest absolute Gasteiger partial charge is 0.224 e. The molecule has 0 aliphatic carbocycles. The highest BCUT2D eigenvalue weighted by Gasteiger charge is 2.06. The van der Waals surface area contributed by atoms with Gasteiger partial charge in [-0.05, 0) is 44.5 Å². The minimum Gasteiger partial charge on any atom is -0.359 e. The Morgan fingerprint density at radius 2 is 1.74 bits per heavy atom. The maximum atomic E-state index is 11.8. The summed E-state index contributed by atoms with van der Waals surface area (Å²) < 4.78 is 2.00. The van der Waals surface area contributed by atoms with Crippen LogP contribution >= 0.6 is 0 Å². The largest absolute Gasteiger partial charge is 0.359 e. The van der Waals surface area contributed by atoms with E-state index in [1.54, 1.807) is 13.4 Å². The number of hydrogen-bond donors (Lipinski definition) is 2. The summed E-state index contributed by atoms with van der Waals surface area (Å²) in [6.07, 6.45) is 3.02. The van der Waals surface area contributed by atoms with E-state index in [4.69, 9.17) is 0 Å². The molecule has 122 valence electrons. The number of carbonyl (C=O) groups excluding carboxylic acids is 2. The third-order valence-electron chi connectivity index (χ3n) is 3.77. The molecule has 0 saturated heterocycles. The van der Waals surface area contributed by atoms with Crippen LogP contribution < -0.4 is 10.6 Å². The van der Waals surface area contributed by atoms with Crippen LogP contribution in [0.25, 0.3) is 5.69 Å². The highest BCUT2D eigenvalue weighted by molar-refractivity contribution is 5.91. The first-order valence-corrected chi connectivity index (χ1v) is 7.62. The molecule has 2 rings (SSSR count). The summed E-state index contributed by atoms with van der Waals surface area (Å²) in [5.41, 5.74) is 3.84. The fourth-order valence-corrected chi connectivity index (χ4v) is 2.22. The molecule has 0 radical (unpaired) electrons. The Balaban J connectivity index is 1.91. The van der Waals surface area contributed by atoms with Crippen LogP contribution in [-0.4, -0.2) is 28.4 Å². The van der Waals surface area contributed by atoms with Gasteiger partial charge in [0.2, 0.25) is 11.8 Å². The molecule has 0 aliphatic rings. The Bertz CT molecular complexity index is 689. The van der Waals surface area contributed by atoms with Gasteiger partial charge in [0.15, 0.2) is 0 Å². The summed E-state index contributed by atoms with van der Waals surface area (Å²) in [6, 6.07) is 7.60. The molecular formula is C17H22N4O2. The molecule has 0 spiro atoms. The van der Waals surface area contributed by atoms with Crippen LogP contribution in [0.4, 0.5) is 5.69 Å². The van der Waals surface area contributed by atoms with Gasteiger partial charge in [0.25, 0.3) is 0 Å². The molecular weight excluding hydrogens is 292 g/mol. The number of carbonyl (C=O) groups is 2. The van der Waals surface area contributed by atoms with Crippen molar-refractivity contribution in [3.05, 3.63) is 42.0 Å². The first-order chi connectivity index (χ1) is 11.0. The number of anilines is 1. The van der Waals surface area contributed by atoms with Crippen LogP contribution in [0, 0.1) is 13.8 Å². The van der Waals surface area contributed by atoms with E-state index in [1.807, 2.05) is 42.7 Å². The zero-order valence-corrected chi connectivity index (χ0v) is 13.7. The zero-order chi connectivity index (χ0) is 16.8. The average molecular weight is 314 g/mol. The van der Waals surface area contributed by atoms with Crippen LogP contribution in [0.2, 0.25) is 0 Å². The zero-order valence-electron chi connectivity index (χ0n) is 13.7. The normalized spacial score (nSPS) is 10.4. The first-order valence-electron chi connectivity index (χ1n) is 7.62. The number of imidazole rings is 1. The lowest BCUT2D eigenvalue weighted by molar-refractivity contribution is -0.120. The van der Waals surface area contributed by atoms with E-state index in [2.05, 4.69) is 15.6 Å². The first kappa shape index (κ1) is 16.7. The van der Waals surface area contributed by atoms with Crippen molar-refractivity contribution >= 4 is 17.5 Å². The Morgan fingerprint density at radius 3 is 2.30 bits per heavy atom. The Hall–Kier alpha value is -2.63. The Kier molecular flexibility index (Phi) is 5.51. The molecule has 2 aromatic rings. The molecule has 1 aromatic carbocycles. The molecule has 0 aliphatic heterocycles. The molecule has 0 bridgehead atoms. The van der Waals surface area contributed by atoms with Crippen molar-refractivity contribution in [2.75, 3.05) is 12.4 Å². The van der Waals surface area contributed by atoms with Gasteiger partial charge in [-0.3, -0.25) is 9.59 Å². The predicted molar refractivity (Wildman–Crippen MR) is 89.6 cm³/mol. The monoisotopic (exact) mass is 314 g/mol. The summed E-state index contributed by atoms with van der Waals surface area (Å²) >= 11 is 0. The second-order valence-electron chi connectivity index (χ2n) is 5.41. The van der Waals surface area contributed by atoms with Crippen molar-refractivity contribution < 1.29 is 9.59 Å². The number of aryl methyl sites for hydroxylation is 1. The van der Waals surface area contributed by atoms with Gasteiger partial charge in [-0.25, -0.2) is 4.98 Å². The van der Waals surface area contributed by atoms with E-state index in [1.165, 1.54) is 0 Å². The second-order valence-corrected chi connectivity index (χ2v) is 5.41. The van der Waals surface area contributed by atoms with E-state index in [9.17, 15) is 9.59 Å². The van der Waals surface area contributed by atoms with Gasteiger partial charge in [0, 0.05) is 37.0 Å². The number of nitrogens with zero attached hydrogens (tertiary/aromatic N) is 2. The SMILES string of the molecule is CNC(=O)CCCC(=O)Nc1ccc(-n2cnc(C)c2C)cc1. The highest BCUT2D eigenvalue weighted by atomic mass is 16.2. The van der Waals surface area contributed by atoms with Crippen molar-refractivity contribution in [2.24, 2.45) is 0 Å². The fraction of sp³-hybridized carbons (Fsp3) is 0.353. The number of amides is 2. The van der Waals surface area contributed by atoms with Crippen molar-refractivity contribution in [3.8, 4) is 5.69 Å². The fourth-order valence-electron chi connectivity index (χ4n) is 2.22. The van der Waals surface area contributed by atoms with Crippen molar-refractivity contribution in [2.45, 2.75) is 33.1 Å². The van der Waals surface area contributed by atoms with Gasteiger partial charge in [-0.15, -0.1) is 0 Å². The maximum Gasteiger partial charge on any atom is 0.224 e. The van der Waals surface area contributed by atoms with Gasteiger partial charge in [0.1, 0.15) is 0 Å². The van der Waals surface area contributed by atoms with Crippen molar-refractivity contribution in [3.63, 3.8) is 0 Å². The van der Waals surface area contributed by atoms with Crippen LogP contribution in [0.1, 0.15) is 30.7 Å². The maximum absolute atomic E-state index is 11.8. The summed E-state index contributed by atoms with van der Waals surface area (Å²) in [4.78, 5) is 27.2. The number of aromatic nitrogens is 2. The van der Waals surface area contributed by atoms with Crippen molar-refractivity contribution in [1.29, 1.82) is 0 Å². The van der Waals surface area contributed by atoms with E-state index < -0.39 is 0 Å². The molecule has 6 heteroatoms. The highest BCUT2D eigenvalue weighted by Crippen LogP contribution is 2.17. The van der Waals surface area contributed by atoms with Crippen LogP contribution in [0.15, 0.2) is 30.6 Å². The summed E-state index contributed by atoms with van der Waals surface area (Å²) in [5, 5.41) is 5.37. The summed E-state index contributed by atoms with van der Waals surface area (Å²) in [6.45, 7) is 3.99. The third kappa shape index (κ3) is 4.42. The van der Waals surface area contributed by atoms with E-state index in [-0.39, 0.29) is 11.8 Å². The molecule has 0 unspecified atom stereocenters. The second kappa shape index (κ2) is 7.58. The minimum absolute atomic E-state index is 0.0480. The van der Waals surface area contributed by atoms with Crippen molar-refractivity contribution in [1.82, 2.24) is 14.9 Å². The average Bonchev–Trinajstić information content (AvgIpc) is 2.87. The van der Waals surface area contributed by atoms with Gasteiger partial charge in [-0.2, -0.15) is 0 Å².